The molecule has 16 heavy (non-hydrogen) atoms. The van der Waals surface area contributed by atoms with Crippen LogP contribution in [0.1, 0.15) is 30.4 Å². The van der Waals surface area contributed by atoms with E-state index in [0.717, 1.165) is 28.6 Å². The topological polar surface area (TPSA) is 55.1 Å². The maximum Gasteiger partial charge on any atom is 0.232 e. The van der Waals surface area contributed by atoms with Gasteiger partial charge in [-0.15, -0.1) is 0 Å². The molecule has 1 aliphatic heterocycles. The molecule has 2 rings (SSSR count). The summed E-state index contributed by atoms with van der Waals surface area (Å²) in [4.78, 5) is 11.7. The van der Waals surface area contributed by atoms with Gasteiger partial charge < -0.3 is 11.1 Å². The van der Waals surface area contributed by atoms with Crippen molar-refractivity contribution in [1.82, 2.24) is 0 Å². The van der Waals surface area contributed by atoms with Gasteiger partial charge in [0.05, 0.1) is 11.6 Å². The van der Waals surface area contributed by atoms with Crippen LogP contribution in [-0.4, -0.2) is 12.5 Å². The van der Waals surface area contributed by atoms with Gasteiger partial charge >= 0.3 is 0 Å². The van der Waals surface area contributed by atoms with Gasteiger partial charge in [-0.3, -0.25) is 4.79 Å². The summed E-state index contributed by atoms with van der Waals surface area (Å²) in [6, 6.07) is 4.13. The largest absolute Gasteiger partial charge is 0.330 e. The summed E-state index contributed by atoms with van der Waals surface area (Å²) >= 11 is 3.50. The van der Waals surface area contributed by atoms with Gasteiger partial charge in [0.25, 0.3) is 0 Å². The fourth-order valence-corrected chi connectivity index (χ4v) is 2.78. The molecule has 1 unspecified atom stereocenters. The summed E-state index contributed by atoms with van der Waals surface area (Å²) < 4.78 is 0.956. The van der Waals surface area contributed by atoms with E-state index in [9.17, 15) is 4.79 Å². The number of anilines is 1. The minimum absolute atomic E-state index is 0.0102. The quantitative estimate of drug-likeness (QED) is 0.895. The summed E-state index contributed by atoms with van der Waals surface area (Å²) in [7, 11) is 0. The van der Waals surface area contributed by atoms with Crippen LogP contribution in [0.2, 0.25) is 0 Å². The summed E-state index contributed by atoms with van der Waals surface area (Å²) in [5, 5.41) is 2.92. The van der Waals surface area contributed by atoms with Crippen LogP contribution < -0.4 is 11.1 Å². The molecule has 0 aromatic heterocycles. The van der Waals surface area contributed by atoms with E-state index in [-0.39, 0.29) is 11.8 Å². The molecular formula is C12H15BrN2O. The van der Waals surface area contributed by atoms with Crippen LogP contribution in [0.4, 0.5) is 5.69 Å². The van der Waals surface area contributed by atoms with Crippen molar-refractivity contribution in [3.05, 3.63) is 27.7 Å². The highest BCUT2D eigenvalue weighted by molar-refractivity contribution is 9.10. The number of carbonyl (C=O) groups is 1. The molecule has 4 heteroatoms. The summed E-state index contributed by atoms with van der Waals surface area (Å²) in [5.74, 6) is 0.0899. The minimum atomic E-state index is -0.0102. The highest BCUT2D eigenvalue weighted by Crippen LogP contribution is 2.40. The number of halogens is 1. The van der Waals surface area contributed by atoms with Crippen molar-refractivity contribution in [2.45, 2.75) is 25.7 Å². The van der Waals surface area contributed by atoms with Crippen molar-refractivity contribution in [3.63, 3.8) is 0 Å². The molecule has 0 fully saturated rings. The van der Waals surface area contributed by atoms with Crippen molar-refractivity contribution >= 4 is 27.5 Å². The second-order valence-electron chi connectivity index (χ2n) is 4.03. The van der Waals surface area contributed by atoms with E-state index in [1.807, 2.05) is 13.0 Å². The molecule has 1 atom stereocenters. The van der Waals surface area contributed by atoms with Crippen LogP contribution in [0.3, 0.4) is 0 Å². The monoisotopic (exact) mass is 282 g/mol. The molecule has 1 heterocycles. The van der Waals surface area contributed by atoms with E-state index >= 15 is 0 Å². The second kappa shape index (κ2) is 4.55. The third kappa shape index (κ3) is 1.87. The molecule has 1 amide bonds. The molecule has 0 bridgehead atoms. The van der Waals surface area contributed by atoms with Crippen LogP contribution in [0, 0.1) is 0 Å². The van der Waals surface area contributed by atoms with E-state index in [1.54, 1.807) is 0 Å². The highest BCUT2D eigenvalue weighted by Gasteiger charge is 2.30. The first kappa shape index (κ1) is 11.6. The molecule has 1 aliphatic rings. The lowest BCUT2D eigenvalue weighted by molar-refractivity contribution is -0.117. The van der Waals surface area contributed by atoms with Gasteiger partial charge in [-0.25, -0.2) is 0 Å². The smallest absolute Gasteiger partial charge is 0.232 e. The average Bonchev–Trinajstić information content (AvgIpc) is 2.55. The Hall–Kier alpha value is -0.870. The molecule has 1 aromatic rings. The summed E-state index contributed by atoms with van der Waals surface area (Å²) in [5.41, 5.74) is 8.77. The zero-order valence-corrected chi connectivity index (χ0v) is 10.8. The Morgan fingerprint density at radius 1 is 1.50 bits per heavy atom. The molecule has 0 saturated heterocycles. The Labute approximate surface area is 104 Å². The normalized spacial score (nSPS) is 18.4. The number of nitrogens with one attached hydrogen (secondary N) is 1. The maximum atomic E-state index is 11.7. The standard InChI is InChI=1S/C12H15BrN2O/c1-2-8-9-5-7(3-4-14)6-10(13)11(9)15-12(8)16/h5-6,8H,2-4,14H2,1H3,(H,15,16). The van der Waals surface area contributed by atoms with Crippen LogP contribution in [0.5, 0.6) is 0 Å². The van der Waals surface area contributed by atoms with E-state index in [1.165, 1.54) is 5.56 Å². The number of amides is 1. The lowest BCUT2D eigenvalue weighted by atomic mass is 9.96. The SMILES string of the molecule is CCC1C(=O)Nc2c(Br)cc(CCN)cc21. The fraction of sp³-hybridized carbons (Fsp3) is 0.417. The van der Waals surface area contributed by atoms with Crippen LogP contribution in [-0.2, 0) is 11.2 Å². The predicted octanol–water partition coefficient (Wildman–Crippen LogP) is 2.40. The van der Waals surface area contributed by atoms with Crippen LogP contribution in [0.25, 0.3) is 0 Å². The van der Waals surface area contributed by atoms with Gasteiger partial charge in [-0.05, 0) is 52.5 Å². The van der Waals surface area contributed by atoms with Crippen molar-refractivity contribution in [2.75, 3.05) is 11.9 Å². The third-order valence-corrected chi connectivity index (χ3v) is 3.59. The van der Waals surface area contributed by atoms with E-state index in [0.29, 0.717) is 6.54 Å². The zero-order valence-electron chi connectivity index (χ0n) is 9.22. The molecule has 0 saturated carbocycles. The molecule has 86 valence electrons. The van der Waals surface area contributed by atoms with Gasteiger partial charge in [-0.1, -0.05) is 13.0 Å². The van der Waals surface area contributed by atoms with Gasteiger partial charge in [-0.2, -0.15) is 0 Å². The zero-order chi connectivity index (χ0) is 11.7. The summed E-state index contributed by atoms with van der Waals surface area (Å²) in [6.07, 6.45) is 1.67. The van der Waals surface area contributed by atoms with Crippen LogP contribution in [0.15, 0.2) is 16.6 Å². The van der Waals surface area contributed by atoms with Crippen LogP contribution >= 0.6 is 15.9 Å². The Morgan fingerprint density at radius 2 is 2.25 bits per heavy atom. The van der Waals surface area contributed by atoms with E-state index in [4.69, 9.17) is 5.73 Å². The molecule has 3 nitrogen and oxygen atoms in total. The molecule has 0 radical (unpaired) electrons. The van der Waals surface area contributed by atoms with E-state index in [2.05, 4.69) is 27.3 Å². The first-order valence-electron chi connectivity index (χ1n) is 5.50. The Balaban J connectivity index is 2.46. The lowest BCUT2D eigenvalue weighted by Crippen LogP contribution is -2.10. The van der Waals surface area contributed by atoms with Gasteiger partial charge in [0.15, 0.2) is 0 Å². The number of hydrogen-bond donors (Lipinski definition) is 2. The molecular weight excluding hydrogens is 268 g/mol. The van der Waals surface area contributed by atoms with Gasteiger partial charge in [0.1, 0.15) is 0 Å². The Kier molecular flexibility index (Phi) is 3.30. The minimum Gasteiger partial charge on any atom is -0.330 e. The first-order valence-corrected chi connectivity index (χ1v) is 6.30. The van der Waals surface area contributed by atoms with Gasteiger partial charge in [0, 0.05) is 4.47 Å². The van der Waals surface area contributed by atoms with Crippen molar-refractivity contribution in [1.29, 1.82) is 0 Å². The number of nitrogens with two attached hydrogens (primary N) is 1. The third-order valence-electron chi connectivity index (χ3n) is 2.96. The molecule has 1 aromatic carbocycles. The fourth-order valence-electron chi connectivity index (χ4n) is 2.16. The number of hydrogen-bond acceptors (Lipinski definition) is 2. The maximum absolute atomic E-state index is 11.7. The second-order valence-corrected chi connectivity index (χ2v) is 4.88. The van der Waals surface area contributed by atoms with E-state index < -0.39 is 0 Å². The number of rotatable bonds is 3. The predicted molar refractivity (Wildman–Crippen MR) is 68.6 cm³/mol. The number of carbonyl (C=O) groups excluding carboxylic acids is 1. The number of fused-ring (bicyclic) bond motifs is 1. The Morgan fingerprint density at radius 3 is 2.88 bits per heavy atom. The first-order chi connectivity index (χ1) is 7.67. The molecule has 3 N–H and O–H groups in total. The lowest BCUT2D eigenvalue weighted by Gasteiger charge is -2.08. The van der Waals surface area contributed by atoms with Crippen molar-refractivity contribution in [2.24, 2.45) is 5.73 Å². The summed E-state index contributed by atoms with van der Waals surface area (Å²) in [6.45, 7) is 2.66. The van der Waals surface area contributed by atoms with Gasteiger partial charge in [0.2, 0.25) is 5.91 Å². The molecule has 0 spiro atoms. The van der Waals surface area contributed by atoms with Crippen molar-refractivity contribution < 1.29 is 4.79 Å². The number of benzene rings is 1. The highest BCUT2D eigenvalue weighted by atomic mass is 79.9. The Bertz CT molecular complexity index is 431. The average molecular weight is 283 g/mol. The van der Waals surface area contributed by atoms with Crippen molar-refractivity contribution in [3.8, 4) is 0 Å². The molecule has 0 aliphatic carbocycles.